The summed E-state index contributed by atoms with van der Waals surface area (Å²) in [6.07, 6.45) is 0. The quantitative estimate of drug-likeness (QED) is 0.652. The van der Waals surface area contributed by atoms with Gasteiger partial charge in [-0.05, 0) is 50.1 Å². The van der Waals surface area contributed by atoms with Gasteiger partial charge in [-0.15, -0.1) is 0 Å². The van der Waals surface area contributed by atoms with Gasteiger partial charge in [0.2, 0.25) is 5.91 Å². The van der Waals surface area contributed by atoms with Crippen molar-refractivity contribution in [2.75, 3.05) is 10.6 Å². The minimum Gasteiger partial charge on any atom is -0.374 e. The van der Waals surface area contributed by atoms with Crippen molar-refractivity contribution in [2.24, 2.45) is 0 Å². The number of aryl methyl sites for hydroxylation is 2. The Labute approximate surface area is 134 Å². The lowest BCUT2D eigenvalue weighted by Gasteiger charge is -2.16. The summed E-state index contributed by atoms with van der Waals surface area (Å²) in [7, 11) is 0. The van der Waals surface area contributed by atoms with E-state index in [1.807, 2.05) is 32.0 Å². The van der Waals surface area contributed by atoms with E-state index in [1.54, 1.807) is 19.1 Å². The van der Waals surface area contributed by atoms with Gasteiger partial charge < -0.3 is 10.6 Å². The lowest BCUT2D eigenvalue weighted by atomic mass is 10.1. The summed E-state index contributed by atoms with van der Waals surface area (Å²) in [6, 6.07) is 11.4. The fourth-order valence-corrected chi connectivity index (χ4v) is 2.13. The molecule has 0 radical (unpaired) electrons. The van der Waals surface area contributed by atoms with Gasteiger partial charge in [-0.3, -0.25) is 14.9 Å². The SMILES string of the molecule is Cc1ccc(NC(C)C(=O)Nc2ccccc2[N+](=O)[O-])cc1C. The van der Waals surface area contributed by atoms with Gasteiger partial charge in [-0.2, -0.15) is 0 Å². The molecule has 0 saturated heterocycles. The zero-order chi connectivity index (χ0) is 17.0. The fraction of sp³-hybridized carbons (Fsp3) is 0.235. The van der Waals surface area contributed by atoms with E-state index in [2.05, 4.69) is 10.6 Å². The molecule has 0 spiro atoms. The molecule has 120 valence electrons. The maximum absolute atomic E-state index is 12.2. The van der Waals surface area contributed by atoms with E-state index in [1.165, 1.54) is 17.7 Å². The van der Waals surface area contributed by atoms with Crippen LogP contribution in [0.4, 0.5) is 17.1 Å². The van der Waals surface area contributed by atoms with Crippen molar-refractivity contribution in [1.29, 1.82) is 0 Å². The molecule has 1 unspecified atom stereocenters. The number of nitrogens with one attached hydrogen (secondary N) is 2. The van der Waals surface area contributed by atoms with Crippen LogP contribution < -0.4 is 10.6 Å². The Morgan fingerprint density at radius 3 is 2.48 bits per heavy atom. The summed E-state index contributed by atoms with van der Waals surface area (Å²) in [5, 5.41) is 16.7. The molecule has 0 aliphatic rings. The highest BCUT2D eigenvalue weighted by atomic mass is 16.6. The van der Waals surface area contributed by atoms with E-state index in [-0.39, 0.29) is 17.3 Å². The van der Waals surface area contributed by atoms with Crippen LogP contribution in [0.15, 0.2) is 42.5 Å². The molecule has 0 aliphatic carbocycles. The van der Waals surface area contributed by atoms with Crippen LogP contribution in [-0.4, -0.2) is 16.9 Å². The van der Waals surface area contributed by atoms with Gasteiger partial charge in [0.1, 0.15) is 11.7 Å². The van der Waals surface area contributed by atoms with Crippen LogP contribution in [0.1, 0.15) is 18.1 Å². The third-order valence-electron chi connectivity index (χ3n) is 3.64. The Balaban J connectivity index is 2.08. The van der Waals surface area contributed by atoms with Gasteiger partial charge >= 0.3 is 0 Å². The third kappa shape index (κ3) is 4.06. The molecule has 6 heteroatoms. The molecule has 0 fully saturated rings. The Morgan fingerprint density at radius 2 is 1.83 bits per heavy atom. The van der Waals surface area contributed by atoms with Gasteiger partial charge in [-0.25, -0.2) is 0 Å². The number of nitro groups is 1. The van der Waals surface area contributed by atoms with Gasteiger partial charge in [0.15, 0.2) is 0 Å². The number of rotatable bonds is 5. The van der Waals surface area contributed by atoms with Crippen LogP contribution in [0.3, 0.4) is 0 Å². The highest BCUT2D eigenvalue weighted by molar-refractivity contribution is 5.97. The molecule has 0 heterocycles. The normalized spacial score (nSPS) is 11.6. The molecule has 1 amide bonds. The smallest absolute Gasteiger partial charge is 0.292 e. The number of hydrogen-bond acceptors (Lipinski definition) is 4. The van der Waals surface area contributed by atoms with Gasteiger partial charge in [0, 0.05) is 11.8 Å². The molecule has 0 aliphatic heterocycles. The number of nitrogens with zero attached hydrogens (tertiary/aromatic N) is 1. The van der Waals surface area contributed by atoms with Crippen molar-refractivity contribution in [3.05, 3.63) is 63.7 Å². The van der Waals surface area contributed by atoms with Crippen LogP contribution in [0, 0.1) is 24.0 Å². The zero-order valence-corrected chi connectivity index (χ0v) is 13.3. The molecule has 2 aromatic rings. The molecular weight excluding hydrogens is 294 g/mol. The lowest BCUT2D eigenvalue weighted by Crippen LogP contribution is -2.32. The standard InChI is InChI=1S/C17H19N3O3/c1-11-8-9-14(10-12(11)2)18-13(3)17(21)19-15-6-4-5-7-16(15)20(22)23/h4-10,13,18H,1-3H3,(H,19,21). The van der Waals surface area contributed by atoms with Crippen molar-refractivity contribution in [1.82, 2.24) is 0 Å². The minimum absolute atomic E-state index is 0.126. The average molecular weight is 313 g/mol. The second-order valence-corrected chi connectivity index (χ2v) is 5.43. The summed E-state index contributed by atoms with van der Waals surface area (Å²) < 4.78 is 0. The number of amides is 1. The minimum atomic E-state index is -0.531. The first kappa shape index (κ1) is 16.5. The number of carbonyl (C=O) groups excluding carboxylic acids is 1. The van der Waals surface area contributed by atoms with Crippen molar-refractivity contribution < 1.29 is 9.72 Å². The Hall–Kier alpha value is -2.89. The van der Waals surface area contributed by atoms with Crippen LogP contribution in [0.25, 0.3) is 0 Å². The highest BCUT2D eigenvalue weighted by Gasteiger charge is 2.18. The Kier molecular flexibility index (Phi) is 4.95. The fourth-order valence-electron chi connectivity index (χ4n) is 2.13. The maximum Gasteiger partial charge on any atom is 0.292 e. The van der Waals surface area contributed by atoms with Gasteiger partial charge in [-0.1, -0.05) is 18.2 Å². The lowest BCUT2D eigenvalue weighted by molar-refractivity contribution is -0.383. The summed E-state index contributed by atoms with van der Waals surface area (Å²) in [6.45, 7) is 5.72. The molecule has 0 aromatic heterocycles. The number of benzene rings is 2. The predicted octanol–water partition coefficient (Wildman–Crippen LogP) is 3.65. The van der Waals surface area contributed by atoms with Crippen LogP contribution in [0.2, 0.25) is 0 Å². The Bertz CT molecular complexity index is 744. The van der Waals surface area contributed by atoms with E-state index in [4.69, 9.17) is 0 Å². The van der Waals surface area contributed by atoms with Crippen molar-refractivity contribution in [3.8, 4) is 0 Å². The molecule has 0 bridgehead atoms. The molecule has 0 saturated carbocycles. The zero-order valence-electron chi connectivity index (χ0n) is 13.3. The predicted molar refractivity (Wildman–Crippen MR) is 90.7 cm³/mol. The first-order valence-corrected chi connectivity index (χ1v) is 7.26. The maximum atomic E-state index is 12.2. The largest absolute Gasteiger partial charge is 0.374 e. The average Bonchev–Trinajstić information content (AvgIpc) is 2.51. The molecule has 2 rings (SSSR count). The van der Waals surface area contributed by atoms with E-state index in [9.17, 15) is 14.9 Å². The summed E-state index contributed by atoms with van der Waals surface area (Å²) >= 11 is 0. The first-order valence-electron chi connectivity index (χ1n) is 7.26. The summed E-state index contributed by atoms with van der Waals surface area (Å²) in [4.78, 5) is 22.7. The van der Waals surface area contributed by atoms with Crippen molar-refractivity contribution in [3.63, 3.8) is 0 Å². The Morgan fingerprint density at radius 1 is 1.13 bits per heavy atom. The molecule has 23 heavy (non-hydrogen) atoms. The number of para-hydroxylation sites is 2. The molecular formula is C17H19N3O3. The highest BCUT2D eigenvalue weighted by Crippen LogP contribution is 2.23. The van der Waals surface area contributed by atoms with Crippen molar-refractivity contribution in [2.45, 2.75) is 26.8 Å². The molecule has 2 aromatic carbocycles. The molecule has 1 atom stereocenters. The van der Waals surface area contributed by atoms with Crippen LogP contribution >= 0.6 is 0 Å². The van der Waals surface area contributed by atoms with E-state index < -0.39 is 11.0 Å². The summed E-state index contributed by atoms with van der Waals surface area (Å²) in [5.41, 5.74) is 3.20. The van der Waals surface area contributed by atoms with E-state index in [0.717, 1.165) is 11.3 Å². The molecule has 2 N–H and O–H groups in total. The second-order valence-electron chi connectivity index (χ2n) is 5.43. The number of anilines is 2. The third-order valence-corrected chi connectivity index (χ3v) is 3.64. The first-order chi connectivity index (χ1) is 10.9. The molecule has 6 nitrogen and oxygen atoms in total. The van der Waals surface area contributed by atoms with Crippen LogP contribution in [-0.2, 0) is 4.79 Å². The monoisotopic (exact) mass is 313 g/mol. The van der Waals surface area contributed by atoms with Gasteiger partial charge in [0.25, 0.3) is 5.69 Å². The summed E-state index contributed by atoms with van der Waals surface area (Å²) in [5.74, 6) is -0.336. The topological polar surface area (TPSA) is 84.3 Å². The second kappa shape index (κ2) is 6.91. The van der Waals surface area contributed by atoms with E-state index >= 15 is 0 Å². The number of hydrogen-bond donors (Lipinski definition) is 2. The van der Waals surface area contributed by atoms with Crippen molar-refractivity contribution >= 4 is 23.0 Å². The van der Waals surface area contributed by atoms with Gasteiger partial charge in [0.05, 0.1) is 4.92 Å². The number of nitro benzene ring substituents is 1. The van der Waals surface area contributed by atoms with Crippen LogP contribution in [0.5, 0.6) is 0 Å². The van der Waals surface area contributed by atoms with E-state index in [0.29, 0.717) is 0 Å². The number of carbonyl (C=O) groups is 1.